The minimum absolute atomic E-state index is 0.0489. The molecule has 0 aliphatic carbocycles. The van der Waals surface area contributed by atoms with Crippen molar-refractivity contribution in [1.82, 2.24) is 20.8 Å². The summed E-state index contributed by atoms with van der Waals surface area (Å²) < 4.78 is 43.0. The lowest BCUT2D eigenvalue weighted by Crippen LogP contribution is -2.54. The van der Waals surface area contributed by atoms with Crippen molar-refractivity contribution in [2.45, 2.75) is 38.3 Å². The highest BCUT2D eigenvalue weighted by Gasteiger charge is 2.43. The summed E-state index contributed by atoms with van der Waals surface area (Å²) in [7, 11) is 0. The molecule has 0 spiro atoms. The van der Waals surface area contributed by atoms with Crippen molar-refractivity contribution < 1.29 is 32.3 Å². The number of alkyl halides is 3. The van der Waals surface area contributed by atoms with Crippen molar-refractivity contribution in [2.24, 2.45) is 0 Å². The number of benzene rings is 2. The van der Waals surface area contributed by atoms with E-state index in [4.69, 9.17) is 0 Å². The monoisotopic (exact) mass is 600 g/mol. The zero-order valence-electron chi connectivity index (χ0n) is 22.5. The molecule has 3 unspecified atom stereocenters. The van der Waals surface area contributed by atoms with Crippen molar-refractivity contribution >= 4 is 51.5 Å². The maximum Gasteiger partial charge on any atom is 0.491 e. The van der Waals surface area contributed by atoms with Gasteiger partial charge in [-0.05, 0) is 67.8 Å². The molecule has 1 aliphatic heterocycles. The lowest BCUT2D eigenvalue weighted by atomic mass is 10.1. The molecule has 220 valence electrons. The molecule has 1 saturated heterocycles. The van der Waals surface area contributed by atoms with Gasteiger partial charge in [-0.15, -0.1) is 11.3 Å². The van der Waals surface area contributed by atoms with Crippen LogP contribution in [-0.4, -0.2) is 59.3 Å². The van der Waals surface area contributed by atoms with Gasteiger partial charge in [0.25, 0.3) is 11.8 Å². The van der Waals surface area contributed by atoms with Gasteiger partial charge in [0.1, 0.15) is 0 Å². The molecule has 4 aromatic rings. The SMILES string of the molecule is CC1CN(c2ccc(C(=O)Nc3n[nH]c4ccc(C(=O)NC(OC(=O)C(F)(F)F)c5cccs5)cc34)cc2)CC(C)N1. The van der Waals surface area contributed by atoms with Gasteiger partial charge in [-0.3, -0.25) is 14.7 Å². The first kappa shape index (κ1) is 29.1. The third kappa shape index (κ3) is 6.55. The number of nitrogens with zero attached hydrogens (tertiary/aromatic N) is 2. The van der Waals surface area contributed by atoms with Gasteiger partial charge in [0.15, 0.2) is 5.82 Å². The fourth-order valence-electron chi connectivity index (χ4n) is 4.77. The number of rotatable bonds is 7. The van der Waals surface area contributed by atoms with Gasteiger partial charge < -0.3 is 25.6 Å². The number of piperazine rings is 1. The summed E-state index contributed by atoms with van der Waals surface area (Å²) in [4.78, 5) is 39.9. The van der Waals surface area contributed by atoms with Crippen LogP contribution in [0, 0.1) is 0 Å². The molecule has 3 atom stereocenters. The van der Waals surface area contributed by atoms with E-state index in [1.807, 2.05) is 12.1 Å². The fourth-order valence-corrected chi connectivity index (χ4v) is 5.47. The Bertz CT molecular complexity index is 1580. The Kier molecular flexibility index (Phi) is 8.18. The number of esters is 1. The van der Waals surface area contributed by atoms with Crippen LogP contribution in [-0.2, 0) is 9.53 Å². The molecular formula is C28H27F3N6O4S. The summed E-state index contributed by atoms with van der Waals surface area (Å²) in [6.07, 6.45) is -6.88. The highest BCUT2D eigenvalue weighted by Crippen LogP contribution is 2.27. The van der Waals surface area contributed by atoms with Crippen LogP contribution in [0.3, 0.4) is 0 Å². The largest absolute Gasteiger partial charge is 0.491 e. The standard InChI is InChI=1S/C28H27F3N6O4S/c1-15-13-37(14-16(2)32-15)19-8-5-17(6-9-19)24(38)33-23-20-12-18(7-10-21(20)35-36-23)25(39)34-26(22-4-3-11-42-22)41-27(40)28(29,30)31/h3-12,15-16,26,32H,13-14H2,1-2H3,(H,34,39)(H2,33,35,36,38). The number of fused-ring (bicyclic) bond motifs is 1. The highest BCUT2D eigenvalue weighted by molar-refractivity contribution is 7.10. The van der Waals surface area contributed by atoms with E-state index >= 15 is 0 Å². The first-order chi connectivity index (χ1) is 20.0. The predicted molar refractivity (Wildman–Crippen MR) is 151 cm³/mol. The number of ether oxygens (including phenoxy) is 1. The lowest BCUT2D eigenvalue weighted by Gasteiger charge is -2.37. The molecule has 5 rings (SSSR count). The summed E-state index contributed by atoms with van der Waals surface area (Å²) >= 11 is 1.01. The number of carbonyl (C=O) groups is 3. The minimum Gasteiger partial charge on any atom is -0.430 e. The van der Waals surface area contributed by atoms with Gasteiger partial charge in [0.2, 0.25) is 6.23 Å². The predicted octanol–water partition coefficient (Wildman–Crippen LogP) is 4.60. The Morgan fingerprint density at radius 2 is 1.71 bits per heavy atom. The second-order valence-corrected chi connectivity index (χ2v) is 11.0. The van der Waals surface area contributed by atoms with Gasteiger partial charge in [0, 0.05) is 47.4 Å². The molecule has 0 saturated carbocycles. The average Bonchev–Trinajstić information content (AvgIpc) is 3.62. The molecule has 3 heterocycles. The maximum atomic E-state index is 13.0. The lowest BCUT2D eigenvalue weighted by molar-refractivity contribution is -0.206. The van der Waals surface area contributed by atoms with Crippen LogP contribution in [0.5, 0.6) is 0 Å². The van der Waals surface area contributed by atoms with Crippen LogP contribution in [0.1, 0.15) is 45.7 Å². The Labute approximate surface area is 242 Å². The Morgan fingerprint density at radius 1 is 1.02 bits per heavy atom. The first-order valence-corrected chi connectivity index (χ1v) is 13.9. The first-order valence-electron chi connectivity index (χ1n) is 13.0. The molecule has 14 heteroatoms. The molecule has 2 aromatic carbocycles. The number of H-pyrrole nitrogens is 1. The zero-order chi connectivity index (χ0) is 30.0. The van der Waals surface area contributed by atoms with E-state index in [0.717, 1.165) is 30.1 Å². The van der Waals surface area contributed by atoms with E-state index in [9.17, 15) is 27.6 Å². The number of nitrogens with one attached hydrogen (secondary N) is 4. The Balaban J connectivity index is 1.30. The Morgan fingerprint density at radius 3 is 2.36 bits per heavy atom. The zero-order valence-corrected chi connectivity index (χ0v) is 23.3. The summed E-state index contributed by atoms with van der Waals surface area (Å²) in [6, 6.07) is 15.3. The van der Waals surface area contributed by atoms with Gasteiger partial charge in [-0.1, -0.05) is 6.07 Å². The summed E-state index contributed by atoms with van der Waals surface area (Å²) in [5, 5.41) is 17.4. The molecule has 0 bridgehead atoms. The van der Waals surface area contributed by atoms with Crippen molar-refractivity contribution in [3.63, 3.8) is 0 Å². The fraction of sp³-hybridized carbons (Fsp3) is 0.286. The van der Waals surface area contributed by atoms with E-state index in [2.05, 4.69) is 49.6 Å². The van der Waals surface area contributed by atoms with Crippen LogP contribution < -0.4 is 20.9 Å². The normalized spacial score (nSPS) is 18.0. The number of thiophene rings is 1. The van der Waals surface area contributed by atoms with E-state index in [1.165, 1.54) is 18.2 Å². The van der Waals surface area contributed by atoms with E-state index in [1.54, 1.807) is 29.6 Å². The summed E-state index contributed by atoms with van der Waals surface area (Å²) in [5.74, 6) is -3.47. The van der Waals surface area contributed by atoms with Gasteiger partial charge in [0.05, 0.1) is 10.4 Å². The molecule has 2 aromatic heterocycles. The quantitative estimate of drug-likeness (QED) is 0.180. The topological polar surface area (TPSA) is 128 Å². The van der Waals surface area contributed by atoms with Crippen molar-refractivity contribution in [1.29, 1.82) is 0 Å². The molecule has 2 amide bonds. The van der Waals surface area contributed by atoms with Crippen molar-refractivity contribution in [2.75, 3.05) is 23.3 Å². The van der Waals surface area contributed by atoms with E-state index in [0.29, 0.717) is 28.6 Å². The number of hydrogen-bond donors (Lipinski definition) is 4. The molecular weight excluding hydrogens is 573 g/mol. The van der Waals surface area contributed by atoms with E-state index in [-0.39, 0.29) is 16.3 Å². The number of halogens is 3. The number of aromatic amines is 1. The second-order valence-electron chi connectivity index (χ2n) is 9.98. The molecule has 0 radical (unpaired) electrons. The number of anilines is 2. The average molecular weight is 601 g/mol. The maximum absolute atomic E-state index is 13.0. The second kappa shape index (κ2) is 11.8. The van der Waals surface area contributed by atoms with Gasteiger partial charge >= 0.3 is 12.1 Å². The molecule has 42 heavy (non-hydrogen) atoms. The third-order valence-electron chi connectivity index (χ3n) is 6.63. The number of hydrogen-bond acceptors (Lipinski definition) is 8. The number of amides is 2. The minimum atomic E-state index is -5.23. The van der Waals surface area contributed by atoms with Crippen LogP contribution >= 0.6 is 11.3 Å². The summed E-state index contributed by atoms with van der Waals surface area (Å²) in [5.41, 5.74) is 1.98. The molecule has 1 fully saturated rings. The van der Waals surface area contributed by atoms with E-state index < -0.39 is 30.2 Å². The van der Waals surface area contributed by atoms with Crippen molar-refractivity contribution in [3.05, 3.63) is 76.0 Å². The molecule has 1 aliphatic rings. The Hall–Kier alpha value is -4.43. The van der Waals surface area contributed by atoms with Crippen LogP contribution in [0.4, 0.5) is 24.7 Å². The third-order valence-corrected chi connectivity index (χ3v) is 7.54. The molecule has 4 N–H and O–H groups in total. The summed E-state index contributed by atoms with van der Waals surface area (Å²) in [6.45, 7) is 5.95. The number of aromatic nitrogens is 2. The smallest absolute Gasteiger partial charge is 0.430 e. The van der Waals surface area contributed by atoms with Gasteiger partial charge in [-0.25, -0.2) is 4.79 Å². The highest BCUT2D eigenvalue weighted by atomic mass is 32.1. The number of carbonyl (C=O) groups excluding carboxylic acids is 3. The van der Waals surface area contributed by atoms with Crippen LogP contribution in [0.25, 0.3) is 10.9 Å². The van der Waals surface area contributed by atoms with Crippen LogP contribution in [0.15, 0.2) is 60.0 Å². The van der Waals surface area contributed by atoms with Gasteiger partial charge in [-0.2, -0.15) is 18.3 Å². The van der Waals surface area contributed by atoms with Crippen molar-refractivity contribution in [3.8, 4) is 0 Å². The molecule has 10 nitrogen and oxygen atoms in total. The van der Waals surface area contributed by atoms with Crippen LogP contribution in [0.2, 0.25) is 0 Å².